The number of carbonyl (C=O) groups is 1. The lowest BCUT2D eigenvalue weighted by atomic mass is 10.1. The fourth-order valence-corrected chi connectivity index (χ4v) is 2.62. The number of anilines is 1. The number of aromatic carboxylic acids is 1. The summed E-state index contributed by atoms with van der Waals surface area (Å²) in [6.45, 7) is 0.977. The number of hydrogen-bond donors (Lipinski definition) is 1. The second-order valence-electron chi connectivity index (χ2n) is 5.27. The molecule has 0 spiro atoms. The topological polar surface area (TPSA) is 40.5 Å². The fourth-order valence-electron chi connectivity index (χ4n) is 2.37. The minimum absolute atomic E-state index is 0.256. The molecule has 0 saturated heterocycles. The SMILES string of the molecule is O=C(O)c1c(Cl)cccc1N(CC1CC1)C1CC1. The Kier molecular flexibility index (Phi) is 2.94. The largest absolute Gasteiger partial charge is 0.478 e. The van der Waals surface area contributed by atoms with Crippen LogP contribution < -0.4 is 4.90 Å². The highest BCUT2D eigenvalue weighted by Gasteiger charge is 2.35. The lowest BCUT2D eigenvalue weighted by Gasteiger charge is -2.26. The van der Waals surface area contributed by atoms with Crippen LogP contribution in [-0.2, 0) is 0 Å². The normalized spacial score (nSPS) is 18.7. The summed E-state index contributed by atoms with van der Waals surface area (Å²) in [7, 11) is 0. The van der Waals surface area contributed by atoms with Gasteiger partial charge in [-0.1, -0.05) is 17.7 Å². The molecule has 0 bridgehead atoms. The fraction of sp³-hybridized carbons (Fsp3) is 0.500. The Labute approximate surface area is 111 Å². The van der Waals surface area contributed by atoms with Gasteiger partial charge >= 0.3 is 5.97 Å². The molecule has 0 radical (unpaired) electrons. The van der Waals surface area contributed by atoms with Crippen molar-refractivity contribution >= 4 is 23.3 Å². The first-order valence-electron chi connectivity index (χ1n) is 6.45. The predicted molar refractivity (Wildman–Crippen MR) is 71.5 cm³/mol. The first-order chi connectivity index (χ1) is 8.66. The molecule has 18 heavy (non-hydrogen) atoms. The van der Waals surface area contributed by atoms with E-state index in [1.54, 1.807) is 6.07 Å². The summed E-state index contributed by atoms with van der Waals surface area (Å²) >= 11 is 6.04. The zero-order chi connectivity index (χ0) is 12.7. The molecule has 2 aliphatic carbocycles. The summed E-state index contributed by atoms with van der Waals surface area (Å²) in [6, 6.07) is 5.89. The van der Waals surface area contributed by atoms with Crippen LogP contribution in [0.3, 0.4) is 0 Å². The van der Waals surface area contributed by atoms with Crippen LogP contribution in [0.1, 0.15) is 36.0 Å². The van der Waals surface area contributed by atoms with Gasteiger partial charge in [0.2, 0.25) is 0 Å². The standard InChI is InChI=1S/C14H16ClNO2/c15-11-2-1-3-12(13(11)14(17)18)16(10-6-7-10)8-9-4-5-9/h1-3,9-10H,4-8H2,(H,17,18). The number of carboxylic acids is 1. The first kappa shape index (κ1) is 11.8. The van der Waals surface area contributed by atoms with Crippen LogP contribution in [-0.4, -0.2) is 23.7 Å². The molecule has 96 valence electrons. The van der Waals surface area contributed by atoms with E-state index in [0.29, 0.717) is 11.1 Å². The van der Waals surface area contributed by atoms with E-state index in [4.69, 9.17) is 11.6 Å². The van der Waals surface area contributed by atoms with Crippen LogP contribution in [0.2, 0.25) is 5.02 Å². The van der Waals surface area contributed by atoms with Crippen molar-refractivity contribution in [2.75, 3.05) is 11.4 Å². The second kappa shape index (κ2) is 4.47. The maximum Gasteiger partial charge on any atom is 0.339 e. The van der Waals surface area contributed by atoms with Crippen LogP contribution >= 0.6 is 11.6 Å². The van der Waals surface area contributed by atoms with Gasteiger partial charge in [0.15, 0.2) is 0 Å². The molecule has 0 heterocycles. The Morgan fingerprint density at radius 2 is 2.06 bits per heavy atom. The number of benzene rings is 1. The molecule has 2 saturated carbocycles. The van der Waals surface area contributed by atoms with Crippen LogP contribution in [0.15, 0.2) is 18.2 Å². The molecule has 0 amide bonds. The first-order valence-corrected chi connectivity index (χ1v) is 6.83. The van der Waals surface area contributed by atoms with E-state index in [1.165, 1.54) is 12.8 Å². The van der Waals surface area contributed by atoms with Gasteiger partial charge in [0, 0.05) is 12.6 Å². The van der Waals surface area contributed by atoms with Crippen LogP contribution in [0.5, 0.6) is 0 Å². The number of rotatable bonds is 5. The summed E-state index contributed by atoms with van der Waals surface area (Å²) < 4.78 is 0. The molecule has 0 aromatic heterocycles. The van der Waals surface area contributed by atoms with Crippen LogP contribution in [0.25, 0.3) is 0 Å². The van der Waals surface area contributed by atoms with Gasteiger partial charge in [0.25, 0.3) is 0 Å². The number of carboxylic acid groups (broad SMARTS) is 1. The second-order valence-corrected chi connectivity index (χ2v) is 5.67. The third kappa shape index (κ3) is 2.32. The van der Waals surface area contributed by atoms with Crippen molar-refractivity contribution in [3.63, 3.8) is 0 Å². The van der Waals surface area contributed by atoms with Gasteiger partial charge in [-0.25, -0.2) is 4.79 Å². The third-order valence-corrected chi connectivity index (χ3v) is 3.97. The van der Waals surface area contributed by atoms with Gasteiger partial charge in [-0.3, -0.25) is 0 Å². The Morgan fingerprint density at radius 1 is 1.33 bits per heavy atom. The smallest absolute Gasteiger partial charge is 0.339 e. The molecule has 0 atom stereocenters. The van der Waals surface area contributed by atoms with Crippen molar-refractivity contribution in [1.29, 1.82) is 0 Å². The maximum atomic E-state index is 11.4. The van der Waals surface area contributed by atoms with Crippen molar-refractivity contribution in [2.45, 2.75) is 31.7 Å². The Hall–Kier alpha value is -1.22. The maximum absolute atomic E-state index is 11.4. The molecule has 1 N–H and O–H groups in total. The molecule has 3 nitrogen and oxygen atoms in total. The highest BCUT2D eigenvalue weighted by atomic mass is 35.5. The average Bonchev–Trinajstić information content (AvgIpc) is 3.17. The van der Waals surface area contributed by atoms with E-state index in [1.807, 2.05) is 12.1 Å². The molecule has 3 rings (SSSR count). The van der Waals surface area contributed by atoms with Crippen molar-refractivity contribution in [3.8, 4) is 0 Å². The molecular weight excluding hydrogens is 250 g/mol. The van der Waals surface area contributed by atoms with E-state index < -0.39 is 5.97 Å². The summed E-state index contributed by atoms with van der Waals surface area (Å²) in [6.07, 6.45) is 4.87. The quantitative estimate of drug-likeness (QED) is 0.887. The van der Waals surface area contributed by atoms with Gasteiger partial charge in [-0.2, -0.15) is 0 Å². The summed E-state index contributed by atoms with van der Waals surface area (Å²) in [5, 5.41) is 9.67. The summed E-state index contributed by atoms with van der Waals surface area (Å²) in [4.78, 5) is 13.6. The molecular formula is C14H16ClNO2. The highest BCUT2D eigenvalue weighted by Crippen LogP contribution is 2.40. The number of halogens is 1. The van der Waals surface area contributed by atoms with Gasteiger partial charge in [0.1, 0.15) is 5.56 Å². The van der Waals surface area contributed by atoms with Gasteiger partial charge in [0.05, 0.1) is 10.7 Å². The summed E-state index contributed by atoms with van der Waals surface area (Å²) in [5.74, 6) is -0.191. The Morgan fingerprint density at radius 3 is 2.61 bits per heavy atom. The molecule has 0 aliphatic heterocycles. The van der Waals surface area contributed by atoms with Gasteiger partial charge in [-0.15, -0.1) is 0 Å². The van der Waals surface area contributed by atoms with Crippen molar-refractivity contribution in [1.82, 2.24) is 0 Å². The molecule has 2 aliphatic rings. The Balaban J connectivity index is 1.96. The minimum Gasteiger partial charge on any atom is -0.478 e. The predicted octanol–water partition coefficient (Wildman–Crippen LogP) is 3.42. The van der Waals surface area contributed by atoms with Crippen LogP contribution in [0, 0.1) is 5.92 Å². The van der Waals surface area contributed by atoms with Gasteiger partial charge < -0.3 is 10.0 Å². The van der Waals surface area contributed by atoms with Crippen molar-refractivity contribution in [2.24, 2.45) is 5.92 Å². The molecule has 0 unspecified atom stereocenters. The number of nitrogens with zero attached hydrogens (tertiary/aromatic N) is 1. The van der Waals surface area contributed by atoms with E-state index in [9.17, 15) is 9.90 Å². The van der Waals surface area contributed by atoms with E-state index in [2.05, 4.69) is 4.90 Å². The number of hydrogen-bond acceptors (Lipinski definition) is 2. The lowest BCUT2D eigenvalue weighted by molar-refractivity contribution is 0.0697. The van der Waals surface area contributed by atoms with Crippen LogP contribution in [0.4, 0.5) is 5.69 Å². The lowest BCUT2D eigenvalue weighted by Crippen LogP contribution is -2.29. The van der Waals surface area contributed by atoms with Crippen molar-refractivity contribution < 1.29 is 9.90 Å². The van der Waals surface area contributed by atoms with Gasteiger partial charge in [-0.05, 0) is 43.7 Å². The highest BCUT2D eigenvalue weighted by molar-refractivity contribution is 6.34. The minimum atomic E-state index is -0.933. The molecule has 1 aromatic rings. The molecule has 4 heteroatoms. The molecule has 1 aromatic carbocycles. The van der Waals surface area contributed by atoms with E-state index in [-0.39, 0.29) is 5.56 Å². The van der Waals surface area contributed by atoms with E-state index in [0.717, 1.165) is 31.0 Å². The average molecular weight is 266 g/mol. The Bertz CT molecular complexity index is 481. The van der Waals surface area contributed by atoms with E-state index >= 15 is 0 Å². The molecule has 2 fully saturated rings. The monoisotopic (exact) mass is 265 g/mol. The van der Waals surface area contributed by atoms with Crippen molar-refractivity contribution in [3.05, 3.63) is 28.8 Å². The third-order valence-electron chi connectivity index (χ3n) is 3.65. The zero-order valence-electron chi connectivity index (χ0n) is 10.1. The summed E-state index contributed by atoms with van der Waals surface area (Å²) in [5.41, 5.74) is 1.05. The zero-order valence-corrected chi connectivity index (χ0v) is 10.9.